The van der Waals surface area contributed by atoms with Gasteiger partial charge in [0.1, 0.15) is 12.3 Å². The van der Waals surface area contributed by atoms with E-state index in [1.165, 1.54) is 30.6 Å². The topological polar surface area (TPSA) is 64.1 Å². The van der Waals surface area contributed by atoms with Crippen molar-refractivity contribution in [2.24, 2.45) is 0 Å². The van der Waals surface area contributed by atoms with Gasteiger partial charge < -0.3 is 4.74 Å². The Labute approximate surface area is 133 Å². The van der Waals surface area contributed by atoms with Crippen LogP contribution in [0.25, 0.3) is 11.4 Å². The summed E-state index contributed by atoms with van der Waals surface area (Å²) in [5.41, 5.74) is 1.58. The van der Waals surface area contributed by atoms with E-state index >= 15 is 0 Å². The number of carbonyl (C=O) groups excluding carboxylic acids is 1. The van der Waals surface area contributed by atoms with Gasteiger partial charge in [0.25, 0.3) is 5.91 Å². The molecule has 116 valence electrons. The van der Waals surface area contributed by atoms with Crippen LogP contribution in [0.5, 0.6) is 0 Å². The number of pyridine rings is 1. The Hall–Kier alpha value is -1.79. The first-order valence-electron chi connectivity index (χ1n) is 7.59. The molecule has 3 rings (SSSR count). The second kappa shape index (κ2) is 7.47. The first-order valence-corrected chi connectivity index (χ1v) is 8.47. The molecule has 0 aromatic carbocycles. The number of thiazole rings is 1. The summed E-state index contributed by atoms with van der Waals surface area (Å²) in [5.74, 6) is -0.146. The van der Waals surface area contributed by atoms with Crippen molar-refractivity contribution in [3.05, 3.63) is 29.8 Å². The van der Waals surface area contributed by atoms with Gasteiger partial charge >= 0.3 is 0 Å². The zero-order valence-corrected chi connectivity index (χ0v) is 13.1. The Morgan fingerprint density at radius 1 is 1.27 bits per heavy atom. The van der Waals surface area contributed by atoms with Crippen LogP contribution in [0.15, 0.2) is 29.8 Å². The molecule has 2 aromatic rings. The number of nitrogens with zero attached hydrogens (tertiary/aromatic N) is 2. The minimum atomic E-state index is -0.146. The van der Waals surface area contributed by atoms with E-state index in [2.05, 4.69) is 15.3 Å². The molecule has 0 spiro atoms. The van der Waals surface area contributed by atoms with Crippen molar-refractivity contribution in [3.63, 3.8) is 0 Å². The zero-order valence-electron chi connectivity index (χ0n) is 12.3. The molecule has 1 N–H and O–H groups in total. The monoisotopic (exact) mass is 317 g/mol. The number of amides is 1. The number of hydrogen-bond acceptors (Lipinski definition) is 5. The van der Waals surface area contributed by atoms with Gasteiger partial charge in [-0.15, -0.1) is 11.3 Å². The molecule has 1 aliphatic carbocycles. The predicted octanol–water partition coefficient (Wildman–Crippen LogP) is 3.49. The number of ether oxygens (including phenoxy) is 1. The normalized spacial score (nSPS) is 15.6. The van der Waals surface area contributed by atoms with Crippen molar-refractivity contribution in [1.82, 2.24) is 9.97 Å². The highest BCUT2D eigenvalue weighted by Gasteiger charge is 2.16. The van der Waals surface area contributed by atoms with E-state index in [-0.39, 0.29) is 18.6 Å². The van der Waals surface area contributed by atoms with Crippen LogP contribution in [0.2, 0.25) is 0 Å². The third-order valence-electron chi connectivity index (χ3n) is 3.68. The highest BCUT2D eigenvalue weighted by atomic mass is 32.1. The fraction of sp³-hybridized carbons (Fsp3) is 0.438. The van der Waals surface area contributed by atoms with E-state index in [4.69, 9.17) is 4.74 Å². The Bertz CT molecular complexity index is 609. The van der Waals surface area contributed by atoms with Gasteiger partial charge in [0.15, 0.2) is 5.13 Å². The van der Waals surface area contributed by atoms with Crippen LogP contribution < -0.4 is 5.32 Å². The first-order chi connectivity index (χ1) is 10.8. The molecule has 1 amide bonds. The number of hydrogen-bond donors (Lipinski definition) is 1. The average molecular weight is 317 g/mol. The van der Waals surface area contributed by atoms with E-state index in [1.807, 2.05) is 23.6 Å². The lowest BCUT2D eigenvalue weighted by Crippen LogP contribution is -2.24. The lowest BCUT2D eigenvalue weighted by molar-refractivity contribution is -0.123. The van der Waals surface area contributed by atoms with Crippen molar-refractivity contribution in [2.75, 3.05) is 11.9 Å². The van der Waals surface area contributed by atoms with Crippen molar-refractivity contribution < 1.29 is 9.53 Å². The largest absolute Gasteiger partial charge is 0.368 e. The summed E-state index contributed by atoms with van der Waals surface area (Å²) in [6.07, 6.45) is 7.77. The fourth-order valence-electron chi connectivity index (χ4n) is 2.54. The minimum Gasteiger partial charge on any atom is -0.368 e. The number of rotatable bonds is 5. The maximum Gasteiger partial charge on any atom is 0.252 e. The second-order valence-corrected chi connectivity index (χ2v) is 6.23. The fourth-order valence-corrected chi connectivity index (χ4v) is 3.26. The summed E-state index contributed by atoms with van der Waals surface area (Å²) >= 11 is 1.40. The van der Waals surface area contributed by atoms with Gasteiger partial charge in [0, 0.05) is 11.6 Å². The molecule has 0 saturated heterocycles. The molecule has 0 atom stereocenters. The summed E-state index contributed by atoms with van der Waals surface area (Å²) < 4.78 is 5.66. The third kappa shape index (κ3) is 4.11. The second-order valence-electron chi connectivity index (χ2n) is 5.37. The van der Waals surface area contributed by atoms with Crippen LogP contribution >= 0.6 is 11.3 Å². The van der Waals surface area contributed by atoms with Crippen LogP contribution in [-0.2, 0) is 9.53 Å². The minimum absolute atomic E-state index is 0.100. The van der Waals surface area contributed by atoms with E-state index < -0.39 is 0 Å². The summed E-state index contributed by atoms with van der Waals surface area (Å²) in [7, 11) is 0. The van der Waals surface area contributed by atoms with Crippen molar-refractivity contribution in [2.45, 2.75) is 38.2 Å². The van der Waals surface area contributed by atoms with E-state index in [9.17, 15) is 4.79 Å². The third-order valence-corrected chi connectivity index (χ3v) is 4.44. The molecule has 1 saturated carbocycles. The highest BCUT2D eigenvalue weighted by Crippen LogP contribution is 2.23. The molecule has 2 aromatic heterocycles. The lowest BCUT2D eigenvalue weighted by Gasteiger charge is -2.21. The Balaban J connectivity index is 1.50. The molecule has 1 fully saturated rings. The van der Waals surface area contributed by atoms with Crippen LogP contribution in [0, 0.1) is 0 Å². The Morgan fingerprint density at radius 2 is 2.14 bits per heavy atom. The van der Waals surface area contributed by atoms with E-state index in [1.54, 1.807) is 6.20 Å². The maximum absolute atomic E-state index is 11.9. The van der Waals surface area contributed by atoms with Crippen LogP contribution in [0.4, 0.5) is 5.13 Å². The van der Waals surface area contributed by atoms with Gasteiger partial charge in [0.05, 0.1) is 11.8 Å². The predicted molar refractivity (Wildman–Crippen MR) is 86.8 cm³/mol. The van der Waals surface area contributed by atoms with Gasteiger partial charge in [0.2, 0.25) is 0 Å². The van der Waals surface area contributed by atoms with Crippen LogP contribution in [0.1, 0.15) is 32.1 Å². The number of carbonyl (C=O) groups is 1. The van der Waals surface area contributed by atoms with Gasteiger partial charge in [-0.1, -0.05) is 25.3 Å². The molecule has 1 aliphatic rings. The summed E-state index contributed by atoms with van der Waals surface area (Å²) in [5, 5.41) is 5.26. The standard InChI is InChI=1S/C16H19N3O2S/c20-15(10-21-12-6-2-1-3-7-12)19-16-18-14(11-22-16)13-8-4-5-9-17-13/h4-5,8-9,11-12H,1-3,6-7,10H2,(H,18,19,20). The molecular weight excluding hydrogens is 298 g/mol. The molecule has 5 nitrogen and oxygen atoms in total. The van der Waals surface area contributed by atoms with Gasteiger partial charge in [-0.05, 0) is 25.0 Å². The van der Waals surface area contributed by atoms with Gasteiger partial charge in [-0.25, -0.2) is 4.98 Å². The molecule has 22 heavy (non-hydrogen) atoms. The lowest BCUT2D eigenvalue weighted by atomic mass is 9.98. The summed E-state index contributed by atoms with van der Waals surface area (Å²) in [6.45, 7) is 0.100. The SMILES string of the molecule is O=C(COC1CCCCC1)Nc1nc(-c2ccccn2)cs1. The molecule has 0 aliphatic heterocycles. The molecule has 0 unspecified atom stereocenters. The molecule has 0 radical (unpaired) electrons. The van der Waals surface area contributed by atoms with Crippen LogP contribution in [-0.4, -0.2) is 28.6 Å². The molecule has 2 heterocycles. The molecule has 6 heteroatoms. The highest BCUT2D eigenvalue weighted by molar-refractivity contribution is 7.14. The van der Waals surface area contributed by atoms with Gasteiger partial charge in [-0.2, -0.15) is 0 Å². The molecular formula is C16H19N3O2S. The number of anilines is 1. The van der Waals surface area contributed by atoms with Crippen molar-refractivity contribution in [1.29, 1.82) is 0 Å². The van der Waals surface area contributed by atoms with E-state index in [0.29, 0.717) is 5.13 Å². The number of nitrogens with one attached hydrogen (secondary N) is 1. The quantitative estimate of drug-likeness (QED) is 0.917. The van der Waals surface area contributed by atoms with Crippen LogP contribution in [0.3, 0.4) is 0 Å². The number of aromatic nitrogens is 2. The van der Waals surface area contributed by atoms with Crippen molar-refractivity contribution >= 4 is 22.4 Å². The Morgan fingerprint density at radius 3 is 2.91 bits per heavy atom. The average Bonchev–Trinajstić information content (AvgIpc) is 3.03. The van der Waals surface area contributed by atoms with Gasteiger partial charge in [-0.3, -0.25) is 15.1 Å². The zero-order chi connectivity index (χ0) is 15.2. The summed E-state index contributed by atoms with van der Waals surface area (Å²) in [6, 6.07) is 5.67. The maximum atomic E-state index is 11.9. The Kier molecular flexibility index (Phi) is 5.13. The van der Waals surface area contributed by atoms with Crippen molar-refractivity contribution in [3.8, 4) is 11.4 Å². The summed E-state index contributed by atoms with van der Waals surface area (Å²) in [4.78, 5) is 20.5. The smallest absolute Gasteiger partial charge is 0.252 e. The molecule has 0 bridgehead atoms. The van der Waals surface area contributed by atoms with E-state index in [0.717, 1.165) is 24.2 Å². The first kappa shape index (κ1) is 15.1.